The van der Waals surface area contributed by atoms with Crippen LogP contribution in [0.1, 0.15) is 15.9 Å². The molecular weight excluding hydrogens is 350 g/mol. The minimum Gasteiger partial charge on any atom is -0.439 e. The normalized spacial score (nSPS) is 14.6. The lowest BCUT2D eigenvalue weighted by Crippen LogP contribution is -2.48. The molecule has 0 N–H and O–H groups in total. The first-order chi connectivity index (χ1) is 13.8. The molecule has 2 heterocycles. The van der Waals surface area contributed by atoms with Crippen molar-refractivity contribution in [1.82, 2.24) is 14.8 Å². The predicted molar refractivity (Wildman–Crippen MR) is 108 cm³/mol. The van der Waals surface area contributed by atoms with Crippen molar-refractivity contribution in [2.75, 3.05) is 26.2 Å². The van der Waals surface area contributed by atoms with E-state index in [-0.39, 0.29) is 5.91 Å². The third kappa shape index (κ3) is 4.56. The zero-order valence-electron chi connectivity index (χ0n) is 15.7. The topological polar surface area (TPSA) is 45.7 Å². The standard InChI is InChI=1S/C23H23N3O2/c27-23(20-9-6-10-21(17-20)28-22-11-4-5-12-24-22)26-15-13-25(14-16-26)18-19-7-2-1-3-8-19/h1-12,17H,13-16,18H2. The summed E-state index contributed by atoms with van der Waals surface area (Å²) < 4.78 is 5.75. The second-order valence-electron chi connectivity index (χ2n) is 6.85. The number of carbonyl (C=O) groups is 1. The van der Waals surface area contributed by atoms with Gasteiger partial charge in [-0.3, -0.25) is 9.69 Å². The molecule has 1 aliphatic rings. The summed E-state index contributed by atoms with van der Waals surface area (Å²) in [7, 11) is 0. The zero-order valence-corrected chi connectivity index (χ0v) is 15.7. The summed E-state index contributed by atoms with van der Waals surface area (Å²) in [6, 6.07) is 23.2. The second-order valence-corrected chi connectivity index (χ2v) is 6.85. The summed E-state index contributed by atoms with van der Waals surface area (Å²) in [5.41, 5.74) is 1.95. The molecule has 1 fully saturated rings. The molecule has 1 amide bonds. The van der Waals surface area contributed by atoms with Gasteiger partial charge in [-0.2, -0.15) is 0 Å². The molecule has 142 valence electrons. The maximum Gasteiger partial charge on any atom is 0.254 e. The monoisotopic (exact) mass is 373 g/mol. The molecule has 2 aromatic carbocycles. The van der Waals surface area contributed by atoms with E-state index in [1.54, 1.807) is 18.3 Å². The Morgan fingerprint density at radius 1 is 0.893 bits per heavy atom. The molecule has 1 aliphatic heterocycles. The van der Waals surface area contributed by atoms with Crippen LogP contribution in [0.4, 0.5) is 0 Å². The molecule has 28 heavy (non-hydrogen) atoms. The van der Waals surface area contributed by atoms with E-state index < -0.39 is 0 Å². The quantitative estimate of drug-likeness (QED) is 0.682. The van der Waals surface area contributed by atoms with Gasteiger partial charge in [0.2, 0.25) is 5.88 Å². The van der Waals surface area contributed by atoms with Gasteiger partial charge >= 0.3 is 0 Å². The van der Waals surface area contributed by atoms with Gasteiger partial charge in [0.1, 0.15) is 5.75 Å². The Kier molecular flexibility index (Phi) is 5.64. The van der Waals surface area contributed by atoms with Gasteiger partial charge in [-0.25, -0.2) is 4.98 Å². The fourth-order valence-corrected chi connectivity index (χ4v) is 3.35. The van der Waals surface area contributed by atoms with Gasteiger partial charge in [-0.15, -0.1) is 0 Å². The molecule has 1 saturated heterocycles. The van der Waals surface area contributed by atoms with Crippen molar-refractivity contribution >= 4 is 5.91 Å². The number of nitrogens with zero attached hydrogens (tertiary/aromatic N) is 3. The summed E-state index contributed by atoms with van der Waals surface area (Å²) in [4.78, 5) is 21.4. The minimum atomic E-state index is 0.0471. The van der Waals surface area contributed by atoms with Crippen LogP contribution in [0.15, 0.2) is 79.0 Å². The maximum atomic E-state index is 12.9. The Morgan fingerprint density at radius 3 is 2.43 bits per heavy atom. The zero-order chi connectivity index (χ0) is 19.2. The highest BCUT2D eigenvalue weighted by atomic mass is 16.5. The second kappa shape index (κ2) is 8.67. The van der Waals surface area contributed by atoms with Crippen LogP contribution in [0.2, 0.25) is 0 Å². The maximum absolute atomic E-state index is 12.9. The number of hydrogen-bond acceptors (Lipinski definition) is 4. The van der Waals surface area contributed by atoms with Crippen molar-refractivity contribution < 1.29 is 9.53 Å². The van der Waals surface area contributed by atoms with E-state index in [9.17, 15) is 4.79 Å². The highest BCUT2D eigenvalue weighted by Crippen LogP contribution is 2.21. The fraction of sp³-hybridized carbons (Fsp3) is 0.217. The number of amides is 1. The largest absolute Gasteiger partial charge is 0.439 e. The molecule has 0 radical (unpaired) electrons. The molecule has 0 bridgehead atoms. The van der Waals surface area contributed by atoms with Gasteiger partial charge in [0.25, 0.3) is 5.91 Å². The molecule has 0 unspecified atom stereocenters. The van der Waals surface area contributed by atoms with Gasteiger partial charge in [0.05, 0.1) is 0 Å². The Morgan fingerprint density at radius 2 is 1.68 bits per heavy atom. The van der Waals surface area contributed by atoms with Gasteiger partial charge in [-0.05, 0) is 29.8 Å². The number of carbonyl (C=O) groups excluding carboxylic acids is 1. The van der Waals surface area contributed by atoms with Gasteiger partial charge in [0.15, 0.2) is 0 Å². The van der Waals surface area contributed by atoms with E-state index >= 15 is 0 Å². The van der Waals surface area contributed by atoms with Crippen molar-refractivity contribution in [1.29, 1.82) is 0 Å². The third-order valence-corrected chi connectivity index (χ3v) is 4.85. The van der Waals surface area contributed by atoms with Crippen LogP contribution >= 0.6 is 0 Å². The molecule has 5 nitrogen and oxygen atoms in total. The van der Waals surface area contributed by atoms with Crippen molar-refractivity contribution in [2.24, 2.45) is 0 Å². The summed E-state index contributed by atoms with van der Waals surface area (Å²) in [6.45, 7) is 4.15. The van der Waals surface area contributed by atoms with Crippen LogP contribution in [-0.4, -0.2) is 46.9 Å². The van der Waals surface area contributed by atoms with E-state index in [4.69, 9.17) is 4.74 Å². The Bertz CT molecular complexity index is 907. The van der Waals surface area contributed by atoms with E-state index in [2.05, 4.69) is 34.1 Å². The first-order valence-electron chi connectivity index (χ1n) is 9.52. The van der Waals surface area contributed by atoms with Crippen LogP contribution < -0.4 is 4.74 Å². The van der Waals surface area contributed by atoms with Crippen LogP contribution in [-0.2, 0) is 6.54 Å². The number of ether oxygens (including phenoxy) is 1. The Hall–Kier alpha value is -3.18. The lowest BCUT2D eigenvalue weighted by molar-refractivity contribution is 0.0628. The minimum absolute atomic E-state index is 0.0471. The molecular formula is C23H23N3O2. The molecule has 4 rings (SSSR count). The lowest BCUT2D eigenvalue weighted by Gasteiger charge is -2.34. The number of hydrogen-bond donors (Lipinski definition) is 0. The molecule has 3 aromatic rings. The van der Waals surface area contributed by atoms with Crippen molar-refractivity contribution in [2.45, 2.75) is 6.54 Å². The Labute approximate surface area is 165 Å². The van der Waals surface area contributed by atoms with Gasteiger partial charge < -0.3 is 9.64 Å². The number of benzene rings is 2. The smallest absolute Gasteiger partial charge is 0.254 e. The Balaban J connectivity index is 1.35. The van der Waals surface area contributed by atoms with E-state index in [1.165, 1.54) is 5.56 Å². The molecule has 5 heteroatoms. The van der Waals surface area contributed by atoms with Crippen LogP contribution in [0.5, 0.6) is 11.6 Å². The van der Waals surface area contributed by atoms with Crippen LogP contribution in [0, 0.1) is 0 Å². The number of aromatic nitrogens is 1. The van der Waals surface area contributed by atoms with Crippen LogP contribution in [0.25, 0.3) is 0 Å². The third-order valence-electron chi connectivity index (χ3n) is 4.85. The fourth-order valence-electron chi connectivity index (χ4n) is 3.35. The van der Waals surface area contributed by atoms with Gasteiger partial charge in [0, 0.05) is 50.6 Å². The van der Waals surface area contributed by atoms with E-state index in [1.807, 2.05) is 41.3 Å². The highest BCUT2D eigenvalue weighted by molar-refractivity contribution is 5.94. The van der Waals surface area contributed by atoms with Crippen molar-refractivity contribution in [3.8, 4) is 11.6 Å². The SMILES string of the molecule is O=C(c1cccc(Oc2ccccn2)c1)N1CCN(Cc2ccccc2)CC1. The average Bonchev–Trinajstić information content (AvgIpc) is 2.75. The number of rotatable bonds is 5. The first-order valence-corrected chi connectivity index (χ1v) is 9.52. The first kappa shape index (κ1) is 18.2. The summed E-state index contributed by atoms with van der Waals surface area (Å²) in [6.07, 6.45) is 1.68. The predicted octanol–water partition coefficient (Wildman–Crippen LogP) is 3.83. The van der Waals surface area contributed by atoms with Gasteiger partial charge in [-0.1, -0.05) is 42.5 Å². The molecule has 0 aliphatic carbocycles. The lowest BCUT2D eigenvalue weighted by atomic mass is 10.1. The van der Waals surface area contributed by atoms with Crippen LogP contribution in [0.3, 0.4) is 0 Å². The summed E-state index contributed by atoms with van der Waals surface area (Å²) in [5, 5.41) is 0. The number of pyridine rings is 1. The number of piperazine rings is 1. The molecule has 0 spiro atoms. The van der Waals surface area contributed by atoms with E-state index in [0.29, 0.717) is 17.2 Å². The molecule has 1 aromatic heterocycles. The summed E-state index contributed by atoms with van der Waals surface area (Å²) >= 11 is 0. The van der Waals surface area contributed by atoms with Crippen molar-refractivity contribution in [3.63, 3.8) is 0 Å². The average molecular weight is 373 g/mol. The molecule has 0 saturated carbocycles. The highest BCUT2D eigenvalue weighted by Gasteiger charge is 2.22. The molecule has 0 atom stereocenters. The van der Waals surface area contributed by atoms with E-state index in [0.717, 1.165) is 32.7 Å². The van der Waals surface area contributed by atoms with Crippen molar-refractivity contribution in [3.05, 3.63) is 90.1 Å². The summed E-state index contributed by atoms with van der Waals surface area (Å²) in [5.74, 6) is 1.18.